The Kier molecular flexibility index (Phi) is 3.69. The smallest absolute Gasteiger partial charge is 0.120 e. The second-order valence-corrected chi connectivity index (χ2v) is 5.97. The Hall–Kier alpha value is -1.72. The van der Waals surface area contributed by atoms with Crippen LogP contribution in [0.15, 0.2) is 76.4 Å². The molecule has 0 saturated carbocycles. The van der Waals surface area contributed by atoms with Crippen LogP contribution in [-0.4, -0.2) is 7.28 Å². The molecule has 0 aromatic carbocycles. The van der Waals surface area contributed by atoms with E-state index >= 15 is 0 Å². The molecule has 0 aromatic heterocycles. The highest BCUT2D eigenvalue weighted by Crippen LogP contribution is 2.41. The van der Waals surface area contributed by atoms with Crippen molar-refractivity contribution < 1.29 is 0 Å². The lowest BCUT2D eigenvalue weighted by atomic mass is 9.65. The third kappa shape index (κ3) is 2.67. The van der Waals surface area contributed by atoms with E-state index in [4.69, 9.17) is 0 Å². The van der Waals surface area contributed by atoms with Crippen LogP contribution >= 0.6 is 0 Å². The van der Waals surface area contributed by atoms with E-state index in [2.05, 4.69) is 65.5 Å². The quantitative estimate of drug-likeness (QED) is 0.378. The molecule has 0 spiro atoms. The minimum absolute atomic E-state index is 0.0919. The van der Waals surface area contributed by atoms with Gasteiger partial charge in [-0.2, -0.15) is 0 Å². The van der Waals surface area contributed by atoms with E-state index in [-0.39, 0.29) is 5.41 Å². The van der Waals surface area contributed by atoms with E-state index in [0.29, 0.717) is 0 Å². The number of hydrogen-bond acceptors (Lipinski definition) is 0. The van der Waals surface area contributed by atoms with Crippen molar-refractivity contribution in [3.05, 3.63) is 76.4 Å². The Labute approximate surface area is 117 Å². The van der Waals surface area contributed by atoms with Crippen LogP contribution in [0.3, 0.4) is 0 Å². The van der Waals surface area contributed by atoms with Crippen LogP contribution in [0.4, 0.5) is 0 Å². The summed E-state index contributed by atoms with van der Waals surface area (Å²) in [5, 5.41) is 0. The van der Waals surface area contributed by atoms with E-state index in [1.165, 1.54) is 27.7 Å². The van der Waals surface area contributed by atoms with Crippen LogP contribution in [0.5, 0.6) is 0 Å². The Bertz CT molecular complexity index is 592. The first kappa shape index (κ1) is 13.7. The molecule has 0 atom stereocenters. The average molecular weight is 247 g/mol. The van der Waals surface area contributed by atoms with Crippen molar-refractivity contribution in [1.82, 2.24) is 0 Å². The van der Waals surface area contributed by atoms with Gasteiger partial charge >= 0.3 is 0 Å². The second-order valence-electron chi connectivity index (χ2n) is 5.97. The third-order valence-electron chi connectivity index (χ3n) is 3.40. The van der Waals surface area contributed by atoms with Crippen LogP contribution in [0.1, 0.15) is 27.7 Å². The maximum atomic E-state index is 3.86. The normalized spacial score (nSPS) is 18.6. The summed E-state index contributed by atoms with van der Waals surface area (Å²) in [4.78, 5) is 0. The average Bonchev–Trinajstić information content (AvgIpc) is 2.50. The SMILES string of the molecule is C=C/C=C(\C1=C(C)[B]C2=C1C=C=CC=C2)C(C)(C)C. The number of rotatable bonds is 2. The minimum atomic E-state index is 0.0919. The predicted octanol–water partition coefficient (Wildman–Crippen LogP) is 4.67. The fourth-order valence-corrected chi connectivity index (χ4v) is 2.56. The van der Waals surface area contributed by atoms with Gasteiger partial charge in [0.1, 0.15) is 0 Å². The maximum Gasteiger partial charge on any atom is 0.187 e. The molecule has 1 heteroatoms. The van der Waals surface area contributed by atoms with Crippen molar-refractivity contribution in [2.45, 2.75) is 27.7 Å². The van der Waals surface area contributed by atoms with E-state index in [9.17, 15) is 0 Å². The molecule has 2 rings (SSSR count). The molecule has 1 aliphatic carbocycles. The van der Waals surface area contributed by atoms with Crippen molar-refractivity contribution in [3.8, 4) is 0 Å². The van der Waals surface area contributed by atoms with Crippen LogP contribution in [0.2, 0.25) is 0 Å². The maximum absolute atomic E-state index is 3.86. The Morgan fingerprint density at radius 3 is 2.74 bits per heavy atom. The number of hydrogen-bond donors (Lipinski definition) is 0. The molecule has 1 aliphatic heterocycles. The van der Waals surface area contributed by atoms with Gasteiger partial charge in [0.2, 0.25) is 0 Å². The monoisotopic (exact) mass is 247 g/mol. The van der Waals surface area contributed by atoms with Crippen molar-refractivity contribution >= 4 is 7.28 Å². The van der Waals surface area contributed by atoms with Gasteiger partial charge in [0.15, 0.2) is 7.28 Å². The van der Waals surface area contributed by atoms with Gasteiger partial charge in [-0.25, -0.2) is 0 Å². The zero-order valence-electron chi connectivity index (χ0n) is 12.2. The first-order valence-corrected chi connectivity index (χ1v) is 6.68. The summed E-state index contributed by atoms with van der Waals surface area (Å²) >= 11 is 0. The fraction of sp³-hybridized carbons (Fsp3) is 0.278. The summed E-state index contributed by atoms with van der Waals surface area (Å²) in [5.41, 5.74) is 9.82. The summed E-state index contributed by atoms with van der Waals surface area (Å²) in [7, 11) is 2.25. The Morgan fingerprint density at radius 2 is 2.11 bits per heavy atom. The van der Waals surface area contributed by atoms with E-state index in [1.807, 2.05) is 18.2 Å². The van der Waals surface area contributed by atoms with Crippen LogP contribution in [0, 0.1) is 5.41 Å². The van der Waals surface area contributed by atoms with Gasteiger partial charge in [-0.3, -0.25) is 0 Å². The first-order chi connectivity index (χ1) is 8.95. The molecule has 95 valence electrons. The first-order valence-electron chi connectivity index (χ1n) is 6.68. The molecule has 1 radical (unpaired) electrons. The molecule has 0 nitrogen and oxygen atoms in total. The predicted molar refractivity (Wildman–Crippen MR) is 85.0 cm³/mol. The lowest BCUT2D eigenvalue weighted by Gasteiger charge is -2.26. The zero-order valence-corrected chi connectivity index (χ0v) is 12.2. The fourth-order valence-electron chi connectivity index (χ4n) is 2.56. The van der Waals surface area contributed by atoms with Crippen molar-refractivity contribution in [3.63, 3.8) is 0 Å². The van der Waals surface area contributed by atoms with Crippen molar-refractivity contribution in [2.24, 2.45) is 5.41 Å². The molecule has 0 saturated heterocycles. The molecular weight excluding hydrogens is 227 g/mol. The molecular formula is C18H20B. The highest BCUT2D eigenvalue weighted by atomic mass is 14.3. The molecule has 0 unspecified atom stereocenters. The van der Waals surface area contributed by atoms with Gasteiger partial charge in [-0.15, -0.1) is 5.73 Å². The molecule has 0 amide bonds. The summed E-state index contributed by atoms with van der Waals surface area (Å²) in [6.45, 7) is 12.8. The third-order valence-corrected chi connectivity index (χ3v) is 3.40. The van der Waals surface area contributed by atoms with E-state index < -0.39 is 0 Å². The molecule has 1 heterocycles. The van der Waals surface area contributed by atoms with E-state index in [1.54, 1.807) is 0 Å². The largest absolute Gasteiger partial charge is 0.187 e. The van der Waals surface area contributed by atoms with Gasteiger partial charge < -0.3 is 0 Å². The Balaban J connectivity index is 2.60. The van der Waals surface area contributed by atoms with Gasteiger partial charge in [0.05, 0.1) is 0 Å². The van der Waals surface area contributed by atoms with Crippen molar-refractivity contribution in [1.29, 1.82) is 0 Å². The lowest BCUT2D eigenvalue weighted by molar-refractivity contribution is 0.512. The van der Waals surface area contributed by atoms with Gasteiger partial charge in [0, 0.05) is 0 Å². The molecule has 2 aliphatic rings. The van der Waals surface area contributed by atoms with E-state index in [0.717, 1.165) is 0 Å². The van der Waals surface area contributed by atoms with Crippen LogP contribution < -0.4 is 0 Å². The topological polar surface area (TPSA) is 0 Å². The highest BCUT2D eigenvalue weighted by molar-refractivity contribution is 6.57. The minimum Gasteiger partial charge on any atom is -0.120 e. The lowest BCUT2D eigenvalue weighted by Crippen LogP contribution is -2.12. The van der Waals surface area contributed by atoms with Gasteiger partial charge in [-0.1, -0.05) is 69.5 Å². The standard InChI is InChI=1S/C18H20B/c1-6-10-15(18(3,4)5)17-13(2)19-16-12-9-7-8-11-14(16)17/h6-7,9-12H,1H2,2-5H3/b15-10+. The zero-order chi connectivity index (χ0) is 14.0. The molecule has 19 heavy (non-hydrogen) atoms. The highest BCUT2D eigenvalue weighted by Gasteiger charge is 2.28. The molecule has 0 fully saturated rings. The second kappa shape index (κ2) is 5.11. The van der Waals surface area contributed by atoms with Crippen molar-refractivity contribution in [2.75, 3.05) is 0 Å². The van der Waals surface area contributed by atoms with Crippen LogP contribution in [-0.2, 0) is 0 Å². The van der Waals surface area contributed by atoms with Gasteiger partial charge in [-0.05, 0) is 34.3 Å². The summed E-state index contributed by atoms with van der Waals surface area (Å²) in [6.07, 6.45) is 12.2. The summed E-state index contributed by atoms with van der Waals surface area (Å²) in [6, 6.07) is 0. The molecule has 0 bridgehead atoms. The molecule has 0 aromatic rings. The summed E-state index contributed by atoms with van der Waals surface area (Å²) in [5.74, 6) is 0. The Morgan fingerprint density at radius 1 is 1.37 bits per heavy atom. The van der Waals surface area contributed by atoms with Crippen LogP contribution in [0.25, 0.3) is 0 Å². The number of allylic oxidation sites excluding steroid dienone is 10. The van der Waals surface area contributed by atoms with Gasteiger partial charge in [0.25, 0.3) is 0 Å². The summed E-state index contributed by atoms with van der Waals surface area (Å²) < 4.78 is 0. The molecule has 0 N–H and O–H groups in total.